The van der Waals surface area contributed by atoms with Gasteiger partial charge in [-0.05, 0) is 18.4 Å². The summed E-state index contributed by atoms with van der Waals surface area (Å²) in [7, 11) is 0. The number of hydrogen-bond acceptors (Lipinski definition) is 3. The molecule has 0 saturated heterocycles. The highest BCUT2D eigenvalue weighted by molar-refractivity contribution is 5.91. The van der Waals surface area contributed by atoms with Gasteiger partial charge in [0.05, 0.1) is 4.92 Å². The lowest BCUT2D eigenvalue weighted by molar-refractivity contribution is -0.383. The van der Waals surface area contributed by atoms with E-state index in [4.69, 9.17) is 0 Å². The molecule has 2 N–H and O–H groups in total. The molecule has 1 aromatic rings. The maximum absolute atomic E-state index is 11.8. The second-order valence-electron chi connectivity index (χ2n) is 5.45. The Morgan fingerprint density at radius 2 is 1.95 bits per heavy atom. The number of nitro groups is 1. The van der Waals surface area contributed by atoms with Crippen molar-refractivity contribution in [1.82, 2.24) is 5.32 Å². The van der Waals surface area contributed by atoms with E-state index in [0.717, 1.165) is 6.42 Å². The first-order chi connectivity index (χ1) is 10.2. The zero-order valence-corrected chi connectivity index (χ0v) is 12.0. The average molecular weight is 291 g/mol. The van der Waals surface area contributed by atoms with Crippen molar-refractivity contribution in [2.75, 3.05) is 11.9 Å². The van der Waals surface area contributed by atoms with Crippen LogP contribution in [0.15, 0.2) is 24.3 Å². The van der Waals surface area contributed by atoms with Gasteiger partial charge >= 0.3 is 6.03 Å². The fourth-order valence-corrected chi connectivity index (χ4v) is 2.77. The summed E-state index contributed by atoms with van der Waals surface area (Å²) in [6, 6.07) is 5.74. The van der Waals surface area contributed by atoms with Crippen LogP contribution in [0.5, 0.6) is 0 Å². The first-order valence-corrected chi connectivity index (χ1v) is 7.45. The molecule has 114 valence electrons. The lowest BCUT2D eigenvalue weighted by atomic mass is 9.87. The number of amides is 2. The predicted octanol–water partition coefficient (Wildman–Crippen LogP) is 3.69. The lowest BCUT2D eigenvalue weighted by Crippen LogP contribution is -2.31. The molecule has 1 aromatic carbocycles. The van der Waals surface area contributed by atoms with Crippen LogP contribution in [0.4, 0.5) is 16.2 Å². The third-order valence-electron chi connectivity index (χ3n) is 3.91. The molecule has 0 bridgehead atoms. The number of nitro benzene ring substituents is 1. The van der Waals surface area contributed by atoms with Crippen LogP contribution in [0.1, 0.15) is 38.5 Å². The first kappa shape index (κ1) is 15.3. The Hall–Kier alpha value is -2.11. The third-order valence-corrected chi connectivity index (χ3v) is 3.91. The van der Waals surface area contributed by atoms with Gasteiger partial charge in [-0.3, -0.25) is 10.1 Å². The van der Waals surface area contributed by atoms with Gasteiger partial charge in [-0.1, -0.05) is 44.2 Å². The van der Waals surface area contributed by atoms with Crippen molar-refractivity contribution in [3.05, 3.63) is 34.4 Å². The van der Waals surface area contributed by atoms with Gasteiger partial charge in [0, 0.05) is 12.6 Å². The summed E-state index contributed by atoms with van der Waals surface area (Å²) in [6.45, 7) is 0.608. The summed E-state index contributed by atoms with van der Waals surface area (Å²) >= 11 is 0. The molecule has 2 rings (SSSR count). The summed E-state index contributed by atoms with van der Waals surface area (Å²) in [6.07, 6.45) is 7.35. The maximum atomic E-state index is 11.8. The monoisotopic (exact) mass is 291 g/mol. The van der Waals surface area contributed by atoms with Crippen LogP contribution in [0, 0.1) is 16.0 Å². The first-order valence-electron chi connectivity index (χ1n) is 7.45. The number of urea groups is 1. The van der Waals surface area contributed by atoms with E-state index in [1.54, 1.807) is 12.1 Å². The number of para-hydroxylation sites is 2. The molecule has 1 saturated carbocycles. The lowest BCUT2D eigenvalue weighted by Gasteiger charge is -2.21. The van der Waals surface area contributed by atoms with Gasteiger partial charge in [0.1, 0.15) is 5.69 Å². The highest BCUT2D eigenvalue weighted by Crippen LogP contribution is 2.26. The molecule has 0 aliphatic heterocycles. The molecule has 0 heterocycles. The van der Waals surface area contributed by atoms with Crippen molar-refractivity contribution in [3.8, 4) is 0 Å². The number of carbonyl (C=O) groups excluding carboxylic acids is 1. The summed E-state index contributed by atoms with van der Waals surface area (Å²) in [5.41, 5.74) is 0.123. The zero-order valence-electron chi connectivity index (χ0n) is 12.0. The molecular formula is C15H21N3O3. The van der Waals surface area contributed by atoms with Gasteiger partial charge in [0.25, 0.3) is 5.69 Å². The summed E-state index contributed by atoms with van der Waals surface area (Å²) in [5.74, 6) is 0.699. The molecule has 0 spiro atoms. The Balaban J connectivity index is 1.78. The minimum absolute atomic E-state index is 0.0973. The van der Waals surface area contributed by atoms with Crippen LogP contribution in [0.3, 0.4) is 0 Å². The Bertz CT molecular complexity index is 499. The Labute approximate surface area is 124 Å². The largest absolute Gasteiger partial charge is 0.338 e. The molecule has 1 aliphatic rings. The number of hydrogen-bond donors (Lipinski definition) is 2. The molecule has 0 aromatic heterocycles. The van der Waals surface area contributed by atoms with Gasteiger partial charge in [0.2, 0.25) is 0 Å². The fraction of sp³-hybridized carbons (Fsp3) is 0.533. The van der Waals surface area contributed by atoms with E-state index in [2.05, 4.69) is 10.6 Å². The van der Waals surface area contributed by atoms with E-state index in [0.29, 0.717) is 12.5 Å². The number of benzene rings is 1. The molecule has 6 heteroatoms. The minimum atomic E-state index is -0.502. The van der Waals surface area contributed by atoms with E-state index in [1.165, 1.54) is 44.2 Å². The highest BCUT2D eigenvalue weighted by Gasteiger charge is 2.16. The smallest absolute Gasteiger partial charge is 0.319 e. The van der Waals surface area contributed by atoms with Gasteiger partial charge in [-0.25, -0.2) is 4.79 Å². The molecule has 0 radical (unpaired) electrons. The normalized spacial score (nSPS) is 15.4. The second-order valence-corrected chi connectivity index (χ2v) is 5.45. The van der Waals surface area contributed by atoms with Crippen molar-refractivity contribution < 1.29 is 9.72 Å². The number of nitrogens with one attached hydrogen (secondary N) is 2. The Kier molecular flexibility index (Phi) is 5.54. The fourth-order valence-electron chi connectivity index (χ4n) is 2.77. The SMILES string of the molecule is O=C(NCCC1CCCCC1)Nc1ccccc1[N+](=O)[O-]. The zero-order chi connectivity index (χ0) is 15.1. The number of nitrogens with zero attached hydrogens (tertiary/aromatic N) is 1. The number of rotatable bonds is 5. The van der Waals surface area contributed by atoms with Crippen molar-refractivity contribution in [3.63, 3.8) is 0 Å². The van der Waals surface area contributed by atoms with Crippen LogP contribution in [0.25, 0.3) is 0 Å². The molecule has 1 aliphatic carbocycles. The molecule has 2 amide bonds. The Morgan fingerprint density at radius 1 is 1.24 bits per heavy atom. The molecule has 6 nitrogen and oxygen atoms in total. The van der Waals surface area contributed by atoms with Crippen molar-refractivity contribution >= 4 is 17.4 Å². The molecule has 1 fully saturated rings. The number of anilines is 1. The van der Waals surface area contributed by atoms with E-state index in [9.17, 15) is 14.9 Å². The second kappa shape index (κ2) is 7.61. The average Bonchev–Trinajstić information content (AvgIpc) is 2.48. The van der Waals surface area contributed by atoms with Gasteiger partial charge in [0.15, 0.2) is 0 Å². The van der Waals surface area contributed by atoms with Crippen LogP contribution in [0.2, 0.25) is 0 Å². The topological polar surface area (TPSA) is 84.3 Å². The van der Waals surface area contributed by atoms with Crippen LogP contribution >= 0.6 is 0 Å². The van der Waals surface area contributed by atoms with Crippen LogP contribution < -0.4 is 10.6 Å². The number of carbonyl (C=O) groups is 1. The van der Waals surface area contributed by atoms with E-state index in [1.807, 2.05) is 0 Å². The molecule has 21 heavy (non-hydrogen) atoms. The molecular weight excluding hydrogens is 270 g/mol. The highest BCUT2D eigenvalue weighted by atomic mass is 16.6. The molecule has 0 unspecified atom stereocenters. The van der Waals surface area contributed by atoms with E-state index >= 15 is 0 Å². The van der Waals surface area contributed by atoms with Gasteiger partial charge in [-0.15, -0.1) is 0 Å². The van der Waals surface area contributed by atoms with Crippen molar-refractivity contribution in [1.29, 1.82) is 0 Å². The van der Waals surface area contributed by atoms with Crippen LogP contribution in [-0.2, 0) is 0 Å². The van der Waals surface area contributed by atoms with Crippen molar-refractivity contribution in [2.45, 2.75) is 38.5 Å². The molecule has 0 atom stereocenters. The minimum Gasteiger partial charge on any atom is -0.338 e. The van der Waals surface area contributed by atoms with Gasteiger partial charge < -0.3 is 10.6 Å². The van der Waals surface area contributed by atoms with Gasteiger partial charge in [-0.2, -0.15) is 0 Å². The van der Waals surface area contributed by atoms with E-state index in [-0.39, 0.29) is 17.4 Å². The summed E-state index contributed by atoms with van der Waals surface area (Å²) in [4.78, 5) is 22.1. The standard InChI is InChI=1S/C15H21N3O3/c19-15(16-11-10-12-6-2-1-3-7-12)17-13-8-4-5-9-14(13)18(20)21/h4-5,8-9,12H,1-3,6-7,10-11H2,(H2,16,17,19). The summed E-state index contributed by atoms with van der Waals surface area (Å²) < 4.78 is 0. The summed E-state index contributed by atoms with van der Waals surface area (Å²) in [5, 5.41) is 16.2. The third kappa shape index (κ3) is 4.73. The quantitative estimate of drug-likeness (QED) is 0.641. The van der Waals surface area contributed by atoms with Crippen molar-refractivity contribution in [2.24, 2.45) is 5.92 Å². The van der Waals surface area contributed by atoms with Crippen LogP contribution in [-0.4, -0.2) is 17.5 Å². The van der Waals surface area contributed by atoms with E-state index < -0.39 is 4.92 Å². The Morgan fingerprint density at radius 3 is 2.67 bits per heavy atom. The maximum Gasteiger partial charge on any atom is 0.319 e. The predicted molar refractivity (Wildman–Crippen MR) is 81.3 cm³/mol.